The van der Waals surface area contributed by atoms with Gasteiger partial charge >= 0.3 is 0 Å². The normalized spacial score (nSPS) is 18.2. The lowest BCUT2D eigenvalue weighted by molar-refractivity contribution is 0.182. The lowest BCUT2D eigenvalue weighted by Gasteiger charge is -2.33. The Morgan fingerprint density at radius 3 is 2.88 bits per heavy atom. The van der Waals surface area contributed by atoms with Crippen LogP contribution in [0.25, 0.3) is 0 Å². The lowest BCUT2D eigenvalue weighted by atomic mass is 10.0. The average Bonchev–Trinajstić information content (AvgIpc) is 2.67. The fraction of sp³-hybridized carbons (Fsp3) is 0.474. The molecule has 1 aromatic carbocycles. The first-order valence-corrected chi connectivity index (χ1v) is 9.93. The van der Waals surface area contributed by atoms with Crippen molar-refractivity contribution in [3.05, 3.63) is 47.8 Å². The Kier molecular flexibility index (Phi) is 6.67. The molecular weight excluding hydrogens is 332 g/mol. The number of methoxy groups -OCH3 is 1. The largest absolute Gasteiger partial charge is 0.497 e. The summed E-state index contributed by atoms with van der Waals surface area (Å²) in [6, 6.07) is 8.87. The van der Waals surface area contributed by atoms with Crippen LogP contribution >= 0.6 is 11.8 Å². The third kappa shape index (κ3) is 5.42. The summed E-state index contributed by atoms with van der Waals surface area (Å²) in [7, 11) is 1.72. The van der Waals surface area contributed by atoms with E-state index in [1.807, 2.05) is 24.7 Å². The summed E-state index contributed by atoms with van der Waals surface area (Å²) >= 11 is 1.57. The molecule has 0 saturated carbocycles. The van der Waals surface area contributed by atoms with Crippen LogP contribution in [0.2, 0.25) is 0 Å². The Labute approximate surface area is 154 Å². The fourth-order valence-electron chi connectivity index (χ4n) is 3.20. The molecule has 1 unspecified atom stereocenters. The number of thioether (sulfide) groups is 1. The van der Waals surface area contributed by atoms with E-state index in [-0.39, 0.29) is 0 Å². The smallest absolute Gasteiger partial charge is 0.187 e. The van der Waals surface area contributed by atoms with Gasteiger partial charge in [-0.05, 0) is 43.3 Å². The summed E-state index contributed by atoms with van der Waals surface area (Å²) in [5.74, 6) is 0.929. The molecule has 1 N–H and O–H groups in total. The molecule has 0 aliphatic carbocycles. The van der Waals surface area contributed by atoms with Gasteiger partial charge in [0.2, 0.25) is 0 Å². The number of nitrogens with zero attached hydrogens (tertiary/aromatic N) is 3. The number of hydrogen-bond donors (Lipinski definition) is 1. The minimum atomic E-state index is 0.514. The second-order valence-electron chi connectivity index (χ2n) is 6.38. The van der Waals surface area contributed by atoms with E-state index in [2.05, 4.69) is 38.4 Å². The van der Waals surface area contributed by atoms with Gasteiger partial charge in [-0.3, -0.25) is 4.90 Å². The first-order chi connectivity index (χ1) is 12.3. The molecule has 1 aliphatic heterocycles. The second-order valence-corrected chi connectivity index (χ2v) is 7.16. The van der Waals surface area contributed by atoms with Crippen molar-refractivity contribution in [2.24, 2.45) is 0 Å². The summed E-state index contributed by atoms with van der Waals surface area (Å²) in [4.78, 5) is 11.2. The molecule has 25 heavy (non-hydrogen) atoms. The Balaban J connectivity index is 1.50. The Morgan fingerprint density at radius 1 is 1.28 bits per heavy atom. The van der Waals surface area contributed by atoms with Gasteiger partial charge in [0.1, 0.15) is 5.75 Å². The van der Waals surface area contributed by atoms with Crippen LogP contribution in [0.1, 0.15) is 24.0 Å². The lowest BCUT2D eigenvalue weighted by Crippen LogP contribution is -2.45. The van der Waals surface area contributed by atoms with E-state index in [1.54, 1.807) is 18.9 Å². The zero-order valence-corrected chi connectivity index (χ0v) is 15.8. The monoisotopic (exact) mass is 358 g/mol. The molecule has 0 amide bonds. The number of aromatic nitrogens is 2. The molecule has 1 atom stereocenters. The maximum Gasteiger partial charge on any atom is 0.187 e. The molecular formula is C19H26N4OS. The summed E-state index contributed by atoms with van der Waals surface area (Å²) < 4.78 is 5.32. The van der Waals surface area contributed by atoms with Crippen LogP contribution in [-0.2, 0) is 13.1 Å². The highest BCUT2D eigenvalue weighted by atomic mass is 32.2. The molecule has 3 rings (SSSR count). The Morgan fingerprint density at radius 2 is 2.12 bits per heavy atom. The van der Waals surface area contributed by atoms with Crippen LogP contribution < -0.4 is 10.1 Å². The van der Waals surface area contributed by atoms with Crippen LogP contribution in [-0.4, -0.2) is 47.4 Å². The molecule has 1 fully saturated rings. The molecule has 0 spiro atoms. The van der Waals surface area contributed by atoms with Crippen LogP contribution in [0, 0.1) is 0 Å². The Hall–Kier alpha value is -1.63. The number of rotatable bonds is 7. The van der Waals surface area contributed by atoms with Gasteiger partial charge in [0.05, 0.1) is 7.11 Å². The van der Waals surface area contributed by atoms with Crippen molar-refractivity contribution in [3.8, 4) is 5.75 Å². The summed E-state index contributed by atoms with van der Waals surface area (Å²) in [6.45, 7) is 4.02. The number of piperidine rings is 1. The van der Waals surface area contributed by atoms with Crippen LogP contribution in [0.4, 0.5) is 0 Å². The molecule has 0 bridgehead atoms. The summed E-state index contributed by atoms with van der Waals surface area (Å²) in [6.07, 6.45) is 8.28. The quantitative estimate of drug-likeness (QED) is 0.607. The topological polar surface area (TPSA) is 50.3 Å². The first kappa shape index (κ1) is 18.2. The molecule has 2 heterocycles. The number of nitrogens with one attached hydrogen (secondary N) is 1. The minimum Gasteiger partial charge on any atom is -0.497 e. The SMILES string of the molecule is COc1cccc(CN2CCCC(NCc3cnc(SC)nc3)C2)c1. The highest BCUT2D eigenvalue weighted by Crippen LogP contribution is 2.18. The van der Waals surface area contributed by atoms with E-state index >= 15 is 0 Å². The third-order valence-corrected chi connectivity index (χ3v) is 5.08. The summed E-state index contributed by atoms with van der Waals surface area (Å²) in [5.41, 5.74) is 2.45. The maximum atomic E-state index is 5.32. The van der Waals surface area contributed by atoms with Gasteiger partial charge in [0.15, 0.2) is 5.16 Å². The van der Waals surface area contributed by atoms with E-state index in [0.29, 0.717) is 6.04 Å². The predicted octanol–water partition coefficient (Wildman–Crippen LogP) is 2.96. The van der Waals surface area contributed by atoms with Gasteiger partial charge in [0, 0.05) is 43.6 Å². The molecule has 6 heteroatoms. The first-order valence-electron chi connectivity index (χ1n) is 8.70. The van der Waals surface area contributed by atoms with Crippen LogP contribution in [0.3, 0.4) is 0 Å². The van der Waals surface area contributed by atoms with E-state index in [9.17, 15) is 0 Å². The molecule has 1 aromatic heterocycles. The van der Waals surface area contributed by atoms with E-state index in [0.717, 1.165) is 42.6 Å². The number of benzene rings is 1. The highest BCUT2D eigenvalue weighted by Gasteiger charge is 2.19. The van der Waals surface area contributed by atoms with Gasteiger partial charge in [0.25, 0.3) is 0 Å². The molecule has 134 valence electrons. The van der Waals surface area contributed by atoms with Gasteiger partial charge in [-0.15, -0.1) is 0 Å². The molecule has 1 saturated heterocycles. The van der Waals surface area contributed by atoms with Crippen molar-refractivity contribution in [3.63, 3.8) is 0 Å². The van der Waals surface area contributed by atoms with Crippen molar-refractivity contribution in [2.75, 3.05) is 26.5 Å². The predicted molar refractivity (Wildman–Crippen MR) is 102 cm³/mol. The van der Waals surface area contributed by atoms with Gasteiger partial charge in [-0.2, -0.15) is 0 Å². The maximum absolute atomic E-state index is 5.32. The van der Waals surface area contributed by atoms with Crippen molar-refractivity contribution in [1.29, 1.82) is 0 Å². The molecule has 5 nitrogen and oxygen atoms in total. The molecule has 2 aromatic rings. The number of ether oxygens (including phenoxy) is 1. The standard InChI is InChI=1S/C19H26N4OS/c1-24-18-7-3-5-15(9-18)13-23-8-4-6-17(14-23)20-10-16-11-21-19(25-2)22-12-16/h3,5,7,9,11-12,17,20H,4,6,8,10,13-14H2,1-2H3. The van der Waals surface area contributed by atoms with Crippen LogP contribution in [0.5, 0.6) is 5.75 Å². The average molecular weight is 359 g/mol. The van der Waals surface area contributed by atoms with Crippen molar-refractivity contribution in [1.82, 2.24) is 20.2 Å². The highest BCUT2D eigenvalue weighted by molar-refractivity contribution is 7.98. The fourth-order valence-corrected chi connectivity index (χ4v) is 3.51. The van der Waals surface area contributed by atoms with Gasteiger partial charge in [-0.25, -0.2) is 9.97 Å². The molecule has 0 radical (unpaired) electrons. The van der Waals surface area contributed by atoms with Crippen molar-refractivity contribution >= 4 is 11.8 Å². The second kappa shape index (κ2) is 9.17. The van der Waals surface area contributed by atoms with Crippen molar-refractivity contribution < 1.29 is 4.74 Å². The third-order valence-electron chi connectivity index (χ3n) is 4.50. The van der Waals surface area contributed by atoms with Crippen molar-refractivity contribution in [2.45, 2.75) is 37.1 Å². The minimum absolute atomic E-state index is 0.514. The van der Waals surface area contributed by atoms with Gasteiger partial charge in [-0.1, -0.05) is 23.9 Å². The van der Waals surface area contributed by atoms with E-state index < -0.39 is 0 Å². The zero-order valence-electron chi connectivity index (χ0n) is 14.9. The van der Waals surface area contributed by atoms with Crippen LogP contribution in [0.15, 0.2) is 41.8 Å². The summed E-state index contributed by atoms with van der Waals surface area (Å²) in [5, 5.41) is 4.49. The number of hydrogen-bond acceptors (Lipinski definition) is 6. The zero-order chi connectivity index (χ0) is 17.5. The van der Waals surface area contributed by atoms with Gasteiger partial charge < -0.3 is 10.1 Å². The molecule has 1 aliphatic rings. The number of likely N-dealkylation sites (tertiary alicyclic amines) is 1. The van der Waals surface area contributed by atoms with E-state index in [1.165, 1.54) is 18.4 Å². The Bertz CT molecular complexity index is 665. The van der Waals surface area contributed by atoms with E-state index in [4.69, 9.17) is 4.74 Å².